The molecule has 1 aromatic carbocycles. The van der Waals surface area contributed by atoms with Crippen molar-refractivity contribution in [3.63, 3.8) is 0 Å². The maximum absolute atomic E-state index is 12.8. The number of aliphatic hydroxyl groups excluding tert-OH is 1. The molecule has 114 valence electrons. The van der Waals surface area contributed by atoms with Crippen LogP contribution in [0.15, 0.2) is 22.7 Å². The first kappa shape index (κ1) is 15.2. The molecule has 0 fully saturated rings. The number of aromatic hydroxyl groups is 1. The van der Waals surface area contributed by atoms with Crippen LogP contribution in [0.4, 0.5) is 13.2 Å². The average Bonchev–Trinajstić information content (AvgIpc) is 2.82. The standard InChI is InChI=1S/C13H12F3NO4/c1-20-7-2-3-8(10(19)6-7)11-9(4-5-18)12(17-21-11)13(14,15)16/h2-3,6,18-19H,4-5H2,1H3. The van der Waals surface area contributed by atoms with Gasteiger partial charge in [-0.3, -0.25) is 0 Å². The first-order valence-corrected chi connectivity index (χ1v) is 5.92. The molecule has 0 atom stereocenters. The lowest BCUT2D eigenvalue weighted by atomic mass is 10.0. The van der Waals surface area contributed by atoms with Gasteiger partial charge in [0.25, 0.3) is 0 Å². The van der Waals surface area contributed by atoms with Crippen LogP contribution in [0.3, 0.4) is 0 Å². The molecule has 5 nitrogen and oxygen atoms in total. The third-order valence-electron chi connectivity index (χ3n) is 2.87. The predicted molar refractivity (Wildman–Crippen MR) is 65.9 cm³/mol. The third kappa shape index (κ3) is 2.94. The van der Waals surface area contributed by atoms with Gasteiger partial charge in [0.1, 0.15) is 11.5 Å². The number of aliphatic hydroxyl groups is 1. The molecule has 0 bridgehead atoms. The molecule has 0 unspecified atom stereocenters. The molecule has 2 rings (SSSR count). The molecule has 0 amide bonds. The number of phenolic OH excluding ortho intramolecular Hbond substituents is 1. The lowest BCUT2D eigenvalue weighted by molar-refractivity contribution is -0.143. The first-order valence-electron chi connectivity index (χ1n) is 5.92. The van der Waals surface area contributed by atoms with Gasteiger partial charge in [-0.05, 0) is 12.1 Å². The van der Waals surface area contributed by atoms with Crippen LogP contribution in [-0.4, -0.2) is 29.1 Å². The van der Waals surface area contributed by atoms with Gasteiger partial charge in [0.2, 0.25) is 0 Å². The van der Waals surface area contributed by atoms with Crippen LogP contribution < -0.4 is 4.74 Å². The summed E-state index contributed by atoms with van der Waals surface area (Å²) in [6.07, 6.45) is -4.99. The Hall–Kier alpha value is -2.22. The quantitative estimate of drug-likeness (QED) is 0.908. The van der Waals surface area contributed by atoms with E-state index in [0.717, 1.165) is 0 Å². The fourth-order valence-corrected chi connectivity index (χ4v) is 1.92. The van der Waals surface area contributed by atoms with Crippen molar-refractivity contribution in [2.45, 2.75) is 12.6 Å². The zero-order valence-electron chi connectivity index (χ0n) is 10.9. The van der Waals surface area contributed by atoms with Crippen molar-refractivity contribution in [1.29, 1.82) is 0 Å². The van der Waals surface area contributed by atoms with Crippen LogP contribution in [0.1, 0.15) is 11.3 Å². The lowest BCUT2D eigenvalue weighted by Gasteiger charge is -2.07. The molecule has 8 heteroatoms. The molecule has 2 N–H and O–H groups in total. The number of rotatable bonds is 4. The normalized spacial score (nSPS) is 11.7. The summed E-state index contributed by atoms with van der Waals surface area (Å²) in [7, 11) is 1.39. The highest BCUT2D eigenvalue weighted by Crippen LogP contribution is 2.40. The molecule has 1 heterocycles. The van der Waals surface area contributed by atoms with Gasteiger partial charge < -0.3 is 19.5 Å². The Kier molecular flexibility index (Phi) is 4.08. The lowest BCUT2D eigenvalue weighted by Crippen LogP contribution is -2.10. The van der Waals surface area contributed by atoms with E-state index in [1.165, 1.54) is 25.3 Å². The van der Waals surface area contributed by atoms with Crippen LogP contribution in [0, 0.1) is 0 Å². The van der Waals surface area contributed by atoms with Crippen molar-refractivity contribution in [3.8, 4) is 22.8 Å². The van der Waals surface area contributed by atoms with Crippen molar-refractivity contribution in [2.75, 3.05) is 13.7 Å². The molecule has 0 aliphatic heterocycles. The summed E-state index contributed by atoms with van der Waals surface area (Å²) in [5.41, 5.74) is -1.46. The summed E-state index contributed by atoms with van der Waals surface area (Å²) >= 11 is 0. The van der Waals surface area contributed by atoms with Crippen molar-refractivity contribution in [1.82, 2.24) is 5.16 Å². The van der Waals surface area contributed by atoms with E-state index >= 15 is 0 Å². The molecular formula is C13H12F3NO4. The number of halogens is 3. The maximum atomic E-state index is 12.8. The van der Waals surface area contributed by atoms with E-state index in [0.29, 0.717) is 5.75 Å². The second-order valence-corrected chi connectivity index (χ2v) is 4.19. The minimum absolute atomic E-state index is 0.0438. The number of phenols is 1. The number of nitrogens with zero attached hydrogens (tertiary/aromatic N) is 1. The fraction of sp³-hybridized carbons (Fsp3) is 0.308. The average molecular weight is 303 g/mol. The predicted octanol–water partition coefficient (Wildman–Crippen LogP) is 2.61. The second-order valence-electron chi connectivity index (χ2n) is 4.19. The monoisotopic (exact) mass is 303 g/mol. The Morgan fingerprint density at radius 1 is 1.33 bits per heavy atom. The molecule has 0 radical (unpaired) electrons. The Morgan fingerprint density at radius 3 is 2.57 bits per heavy atom. The molecule has 0 aliphatic rings. The number of methoxy groups -OCH3 is 1. The van der Waals surface area contributed by atoms with Gasteiger partial charge in [0, 0.05) is 24.7 Å². The van der Waals surface area contributed by atoms with Crippen molar-refractivity contribution >= 4 is 0 Å². The molecular weight excluding hydrogens is 291 g/mol. The molecule has 0 saturated heterocycles. The van der Waals surface area contributed by atoms with Crippen molar-refractivity contribution in [2.24, 2.45) is 0 Å². The zero-order valence-corrected chi connectivity index (χ0v) is 10.9. The largest absolute Gasteiger partial charge is 0.507 e. The van der Waals surface area contributed by atoms with Gasteiger partial charge in [0.05, 0.1) is 12.7 Å². The summed E-state index contributed by atoms with van der Waals surface area (Å²) in [5, 5.41) is 21.8. The maximum Gasteiger partial charge on any atom is 0.437 e. The van der Waals surface area contributed by atoms with Gasteiger partial charge in [0.15, 0.2) is 11.5 Å². The molecule has 1 aromatic heterocycles. The molecule has 0 saturated carbocycles. The zero-order chi connectivity index (χ0) is 15.6. The smallest absolute Gasteiger partial charge is 0.437 e. The van der Waals surface area contributed by atoms with Gasteiger partial charge in [-0.2, -0.15) is 13.2 Å². The first-order chi connectivity index (χ1) is 9.88. The fourth-order valence-electron chi connectivity index (χ4n) is 1.92. The molecule has 21 heavy (non-hydrogen) atoms. The van der Waals surface area contributed by atoms with Gasteiger partial charge in [-0.25, -0.2) is 0 Å². The summed E-state index contributed by atoms with van der Waals surface area (Å²) in [6.45, 7) is -0.506. The summed E-state index contributed by atoms with van der Waals surface area (Å²) in [4.78, 5) is 0. The number of benzene rings is 1. The highest BCUT2D eigenvalue weighted by molar-refractivity contribution is 5.70. The molecule has 2 aromatic rings. The van der Waals surface area contributed by atoms with Crippen molar-refractivity contribution in [3.05, 3.63) is 29.5 Å². The SMILES string of the molecule is COc1ccc(-c2onc(C(F)(F)F)c2CCO)c(O)c1. The number of ether oxygens (including phenoxy) is 1. The van der Waals surface area contributed by atoms with Crippen LogP contribution in [0.2, 0.25) is 0 Å². The molecule has 0 spiro atoms. The number of alkyl halides is 3. The van der Waals surface area contributed by atoms with Gasteiger partial charge >= 0.3 is 6.18 Å². The van der Waals surface area contributed by atoms with Crippen LogP contribution in [0.25, 0.3) is 11.3 Å². The Labute approximate surface area is 117 Å². The van der Waals surface area contributed by atoms with Gasteiger partial charge in [-0.15, -0.1) is 0 Å². The van der Waals surface area contributed by atoms with Crippen LogP contribution in [-0.2, 0) is 12.6 Å². The van der Waals surface area contributed by atoms with E-state index in [1.54, 1.807) is 0 Å². The van der Waals surface area contributed by atoms with E-state index in [-0.39, 0.29) is 29.1 Å². The third-order valence-corrected chi connectivity index (χ3v) is 2.87. The number of hydrogen-bond donors (Lipinski definition) is 2. The minimum atomic E-state index is -4.70. The van der Waals surface area contributed by atoms with E-state index in [4.69, 9.17) is 14.4 Å². The number of aromatic nitrogens is 1. The van der Waals surface area contributed by atoms with Crippen LogP contribution >= 0.6 is 0 Å². The molecule has 0 aliphatic carbocycles. The van der Waals surface area contributed by atoms with E-state index < -0.39 is 18.5 Å². The Bertz CT molecular complexity index is 637. The van der Waals surface area contributed by atoms with Gasteiger partial charge in [-0.1, -0.05) is 5.16 Å². The highest BCUT2D eigenvalue weighted by Gasteiger charge is 2.39. The Balaban J connectivity index is 2.56. The highest BCUT2D eigenvalue weighted by atomic mass is 19.4. The van der Waals surface area contributed by atoms with E-state index in [9.17, 15) is 18.3 Å². The minimum Gasteiger partial charge on any atom is -0.507 e. The van der Waals surface area contributed by atoms with Crippen LogP contribution in [0.5, 0.6) is 11.5 Å². The number of hydrogen-bond acceptors (Lipinski definition) is 5. The Morgan fingerprint density at radius 2 is 2.05 bits per heavy atom. The summed E-state index contributed by atoms with van der Waals surface area (Å²) < 4.78 is 48.1. The second kappa shape index (κ2) is 5.65. The van der Waals surface area contributed by atoms with E-state index in [1.807, 2.05) is 0 Å². The summed E-state index contributed by atoms with van der Waals surface area (Å²) in [5.74, 6) is -0.189. The van der Waals surface area contributed by atoms with E-state index in [2.05, 4.69) is 5.16 Å². The van der Waals surface area contributed by atoms with Crippen molar-refractivity contribution < 1.29 is 32.6 Å². The topological polar surface area (TPSA) is 75.7 Å². The summed E-state index contributed by atoms with van der Waals surface area (Å²) in [6, 6.07) is 4.07.